The monoisotopic (exact) mass is 336 g/mol. The van der Waals surface area contributed by atoms with Crippen LogP contribution in [0.4, 0.5) is 0 Å². The highest BCUT2D eigenvalue weighted by Crippen LogP contribution is 2.40. The van der Waals surface area contributed by atoms with E-state index in [0.29, 0.717) is 23.3 Å². The number of aliphatic hydroxyl groups is 1. The number of hydrogen-bond acceptors (Lipinski definition) is 4. The van der Waals surface area contributed by atoms with Crippen molar-refractivity contribution in [2.45, 2.75) is 38.0 Å². The number of ether oxygens (including phenoxy) is 1. The summed E-state index contributed by atoms with van der Waals surface area (Å²) in [6, 6.07) is 15.7. The van der Waals surface area contributed by atoms with E-state index in [4.69, 9.17) is 10.00 Å². The highest BCUT2D eigenvalue weighted by atomic mass is 16.5. The van der Waals surface area contributed by atoms with E-state index in [1.54, 1.807) is 42.5 Å². The summed E-state index contributed by atoms with van der Waals surface area (Å²) in [5.74, 6) is 0.178. The van der Waals surface area contributed by atoms with Crippen molar-refractivity contribution in [2.24, 2.45) is 0 Å². The van der Waals surface area contributed by atoms with Gasteiger partial charge in [-0.3, -0.25) is 4.79 Å². The Bertz CT molecular complexity index is 825. The minimum Gasteiger partial charge on any atom is -0.487 e. The molecule has 0 aliphatic carbocycles. The van der Waals surface area contributed by atoms with Crippen LogP contribution in [-0.4, -0.2) is 16.6 Å². The number of amides is 1. The van der Waals surface area contributed by atoms with Crippen LogP contribution in [0.15, 0.2) is 48.5 Å². The summed E-state index contributed by atoms with van der Waals surface area (Å²) in [5.41, 5.74) is 1.34. The van der Waals surface area contributed by atoms with E-state index in [9.17, 15) is 9.90 Å². The first-order valence-electron chi connectivity index (χ1n) is 8.16. The van der Waals surface area contributed by atoms with Crippen LogP contribution in [-0.2, 0) is 4.79 Å². The number of nitriles is 1. The van der Waals surface area contributed by atoms with Gasteiger partial charge in [0.25, 0.3) is 5.91 Å². The Labute approximate surface area is 146 Å². The van der Waals surface area contributed by atoms with Gasteiger partial charge in [0.2, 0.25) is 0 Å². The van der Waals surface area contributed by atoms with Crippen molar-refractivity contribution in [3.63, 3.8) is 0 Å². The molecule has 5 heteroatoms. The fourth-order valence-corrected chi connectivity index (χ4v) is 3.09. The second kappa shape index (κ2) is 6.58. The zero-order chi connectivity index (χ0) is 18.0. The predicted octanol–water partition coefficient (Wildman–Crippen LogP) is 3.01. The van der Waals surface area contributed by atoms with Gasteiger partial charge in [0.1, 0.15) is 11.4 Å². The SMILES string of the molecule is CC1(C)C[C@@H](NC(=O)[C@H](O)c2ccccc2)c2cc(C#N)ccc2O1. The second-order valence-electron chi connectivity index (χ2n) is 6.80. The molecule has 1 amide bonds. The van der Waals surface area contributed by atoms with Crippen molar-refractivity contribution in [3.05, 3.63) is 65.2 Å². The van der Waals surface area contributed by atoms with Crippen LogP contribution < -0.4 is 10.1 Å². The van der Waals surface area contributed by atoms with Gasteiger partial charge >= 0.3 is 0 Å². The summed E-state index contributed by atoms with van der Waals surface area (Å²) in [5, 5.41) is 22.3. The molecule has 2 atom stereocenters. The number of carbonyl (C=O) groups is 1. The maximum Gasteiger partial charge on any atom is 0.253 e. The first-order valence-corrected chi connectivity index (χ1v) is 8.16. The Morgan fingerprint density at radius 1 is 1.32 bits per heavy atom. The molecule has 1 heterocycles. The molecule has 0 saturated carbocycles. The zero-order valence-electron chi connectivity index (χ0n) is 14.2. The van der Waals surface area contributed by atoms with Gasteiger partial charge in [-0.15, -0.1) is 0 Å². The molecule has 3 rings (SSSR count). The molecule has 25 heavy (non-hydrogen) atoms. The van der Waals surface area contributed by atoms with Crippen molar-refractivity contribution in [1.82, 2.24) is 5.32 Å². The van der Waals surface area contributed by atoms with Gasteiger partial charge in [0.15, 0.2) is 6.10 Å². The van der Waals surface area contributed by atoms with Crippen molar-refractivity contribution >= 4 is 5.91 Å². The number of fused-ring (bicyclic) bond motifs is 1. The quantitative estimate of drug-likeness (QED) is 0.902. The number of nitrogens with zero attached hydrogens (tertiary/aromatic N) is 1. The van der Waals surface area contributed by atoms with E-state index in [1.807, 2.05) is 19.9 Å². The van der Waals surface area contributed by atoms with Crippen molar-refractivity contribution in [2.75, 3.05) is 0 Å². The molecule has 0 radical (unpaired) electrons. The van der Waals surface area contributed by atoms with Gasteiger partial charge in [-0.1, -0.05) is 30.3 Å². The molecule has 2 N–H and O–H groups in total. The summed E-state index contributed by atoms with van der Waals surface area (Å²) in [4.78, 5) is 12.5. The molecule has 1 aliphatic rings. The van der Waals surface area contributed by atoms with Gasteiger partial charge in [-0.2, -0.15) is 5.26 Å². The van der Waals surface area contributed by atoms with Gasteiger partial charge < -0.3 is 15.2 Å². The smallest absolute Gasteiger partial charge is 0.253 e. The van der Waals surface area contributed by atoms with E-state index in [-0.39, 0.29) is 6.04 Å². The topological polar surface area (TPSA) is 82.4 Å². The minimum atomic E-state index is -1.24. The zero-order valence-corrected chi connectivity index (χ0v) is 14.2. The van der Waals surface area contributed by atoms with Gasteiger partial charge in [0.05, 0.1) is 17.7 Å². The van der Waals surface area contributed by atoms with Gasteiger partial charge in [0, 0.05) is 12.0 Å². The van der Waals surface area contributed by atoms with Crippen LogP contribution in [0.2, 0.25) is 0 Å². The highest BCUT2D eigenvalue weighted by Gasteiger charge is 2.35. The molecule has 5 nitrogen and oxygen atoms in total. The Balaban J connectivity index is 1.87. The molecular formula is C20H20N2O3. The third-order valence-corrected chi connectivity index (χ3v) is 4.28. The van der Waals surface area contributed by atoms with E-state index in [2.05, 4.69) is 11.4 Å². The average molecular weight is 336 g/mol. The first-order chi connectivity index (χ1) is 11.9. The normalized spacial score (nSPS) is 19.0. The maximum atomic E-state index is 12.5. The fraction of sp³-hybridized carbons (Fsp3) is 0.300. The number of benzene rings is 2. The summed E-state index contributed by atoms with van der Waals surface area (Å²) < 4.78 is 5.95. The lowest BCUT2D eigenvalue weighted by atomic mass is 9.88. The van der Waals surface area contributed by atoms with Gasteiger partial charge in [-0.05, 0) is 37.6 Å². The molecule has 1 aliphatic heterocycles. The molecule has 0 unspecified atom stereocenters. The molecule has 0 spiro atoms. The minimum absolute atomic E-state index is 0.335. The number of rotatable bonds is 3. The number of carbonyl (C=O) groups excluding carboxylic acids is 1. The number of nitrogens with one attached hydrogen (secondary N) is 1. The van der Waals surface area contributed by atoms with E-state index in [0.717, 1.165) is 5.56 Å². The van der Waals surface area contributed by atoms with Crippen LogP contribution in [0, 0.1) is 11.3 Å². The molecule has 0 fully saturated rings. The Morgan fingerprint density at radius 2 is 2.04 bits per heavy atom. The largest absolute Gasteiger partial charge is 0.487 e. The van der Waals surface area contributed by atoms with E-state index < -0.39 is 17.6 Å². The summed E-state index contributed by atoms with van der Waals surface area (Å²) in [6.45, 7) is 3.89. The molecular weight excluding hydrogens is 316 g/mol. The van der Waals surface area contributed by atoms with Crippen molar-refractivity contribution in [3.8, 4) is 11.8 Å². The summed E-state index contributed by atoms with van der Waals surface area (Å²) in [6.07, 6.45) is -0.697. The number of aliphatic hydroxyl groups excluding tert-OH is 1. The first kappa shape index (κ1) is 17.0. The molecule has 0 aromatic heterocycles. The lowest BCUT2D eigenvalue weighted by Gasteiger charge is -2.38. The molecule has 2 aromatic carbocycles. The van der Waals surface area contributed by atoms with Crippen molar-refractivity contribution < 1.29 is 14.6 Å². The summed E-state index contributed by atoms with van der Waals surface area (Å²) in [7, 11) is 0. The van der Waals surface area contributed by atoms with Crippen LogP contribution in [0.3, 0.4) is 0 Å². The average Bonchev–Trinajstić information content (AvgIpc) is 2.60. The third kappa shape index (κ3) is 3.65. The molecule has 128 valence electrons. The molecule has 0 bridgehead atoms. The highest BCUT2D eigenvalue weighted by molar-refractivity contribution is 5.82. The van der Waals surface area contributed by atoms with E-state index >= 15 is 0 Å². The Hall–Kier alpha value is -2.84. The Kier molecular flexibility index (Phi) is 4.47. The van der Waals surface area contributed by atoms with E-state index in [1.165, 1.54) is 0 Å². The lowest BCUT2D eigenvalue weighted by molar-refractivity contribution is -0.131. The predicted molar refractivity (Wildman–Crippen MR) is 92.8 cm³/mol. The standard InChI is InChI=1S/C20H20N2O3/c1-20(2)11-16(15-10-13(12-21)8-9-17(15)25-20)22-19(24)18(23)14-6-4-3-5-7-14/h3-10,16,18,23H,11H2,1-2H3,(H,22,24)/t16-,18-/m1/s1. The molecule has 0 saturated heterocycles. The fourth-order valence-electron chi connectivity index (χ4n) is 3.09. The lowest BCUT2D eigenvalue weighted by Crippen LogP contribution is -2.42. The Morgan fingerprint density at radius 3 is 2.72 bits per heavy atom. The maximum absolute atomic E-state index is 12.5. The van der Waals surface area contributed by atoms with Crippen LogP contribution >= 0.6 is 0 Å². The van der Waals surface area contributed by atoms with Crippen molar-refractivity contribution in [1.29, 1.82) is 5.26 Å². The second-order valence-corrected chi connectivity index (χ2v) is 6.80. The summed E-state index contributed by atoms with van der Waals surface area (Å²) >= 11 is 0. The van der Waals surface area contributed by atoms with Crippen LogP contribution in [0.5, 0.6) is 5.75 Å². The number of hydrogen-bond donors (Lipinski definition) is 2. The van der Waals surface area contributed by atoms with Gasteiger partial charge in [-0.25, -0.2) is 0 Å². The molecule has 2 aromatic rings. The van der Waals surface area contributed by atoms with Crippen LogP contribution in [0.25, 0.3) is 0 Å². The van der Waals surface area contributed by atoms with Crippen LogP contribution in [0.1, 0.15) is 49.1 Å². The third-order valence-electron chi connectivity index (χ3n) is 4.28.